The summed E-state index contributed by atoms with van der Waals surface area (Å²) in [7, 11) is 0. The van der Waals surface area contributed by atoms with Gasteiger partial charge in [0.2, 0.25) is 0 Å². The molecule has 0 fully saturated rings. The molecule has 3 aromatic rings. The number of nitrogens with zero attached hydrogens (tertiary/aromatic N) is 2. The molecule has 0 saturated heterocycles. The zero-order valence-corrected chi connectivity index (χ0v) is 17.8. The fourth-order valence-electron chi connectivity index (χ4n) is 4.85. The average molecular weight is 420 g/mol. The maximum atomic E-state index is 13.4. The zero-order valence-electron chi connectivity index (χ0n) is 17.0. The minimum Gasteiger partial charge on any atom is -0.344 e. The Labute approximate surface area is 182 Å². The molecule has 0 radical (unpaired) electrons. The van der Waals surface area contributed by atoms with Crippen LogP contribution in [-0.2, 0) is 19.4 Å². The van der Waals surface area contributed by atoms with Gasteiger partial charge in [-0.05, 0) is 73.9 Å². The van der Waals surface area contributed by atoms with Gasteiger partial charge in [0.05, 0.1) is 11.7 Å². The van der Waals surface area contributed by atoms with Crippen molar-refractivity contribution in [2.75, 3.05) is 0 Å². The van der Waals surface area contributed by atoms with Crippen LogP contribution in [0.3, 0.4) is 0 Å². The molecule has 1 unspecified atom stereocenters. The van der Waals surface area contributed by atoms with Gasteiger partial charge in [0.1, 0.15) is 11.5 Å². The first-order chi connectivity index (χ1) is 14.7. The summed E-state index contributed by atoms with van der Waals surface area (Å²) >= 11 is 6.08. The highest BCUT2D eigenvalue weighted by Gasteiger charge is 2.27. The predicted molar refractivity (Wildman–Crippen MR) is 120 cm³/mol. The van der Waals surface area contributed by atoms with Crippen LogP contribution in [0.2, 0.25) is 5.02 Å². The van der Waals surface area contributed by atoms with E-state index in [1.807, 2.05) is 24.3 Å². The Kier molecular flexibility index (Phi) is 5.34. The molecule has 2 aromatic carbocycles. The van der Waals surface area contributed by atoms with Crippen molar-refractivity contribution >= 4 is 17.5 Å². The van der Waals surface area contributed by atoms with Gasteiger partial charge >= 0.3 is 0 Å². The molecule has 1 aliphatic heterocycles. The molecule has 1 amide bonds. The van der Waals surface area contributed by atoms with E-state index in [0.717, 1.165) is 62.2 Å². The van der Waals surface area contributed by atoms with Gasteiger partial charge in [0, 0.05) is 17.1 Å². The molecule has 0 saturated carbocycles. The Morgan fingerprint density at radius 3 is 2.70 bits per heavy atom. The summed E-state index contributed by atoms with van der Waals surface area (Å²) in [5.74, 6) is 0.820. The molecule has 0 bridgehead atoms. The van der Waals surface area contributed by atoms with Crippen LogP contribution in [-0.4, -0.2) is 15.5 Å². The minimum absolute atomic E-state index is 0.0532. The first kappa shape index (κ1) is 19.4. The second-order valence-corrected chi connectivity index (χ2v) is 8.75. The quantitative estimate of drug-likeness (QED) is 0.588. The van der Waals surface area contributed by atoms with E-state index in [9.17, 15) is 4.79 Å². The lowest BCUT2D eigenvalue weighted by Crippen LogP contribution is -2.32. The molecule has 1 aliphatic carbocycles. The summed E-state index contributed by atoms with van der Waals surface area (Å²) in [6, 6.07) is 16.3. The minimum atomic E-state index is -0.0532. The molecule has 2 aliphatic rings. The second-order valence-electron chi connectivity index (χ2n) is 8.32. The van der Waals surface area contributed by atoms with Crippen LogP contribution in [0.15, 0.2) is 48.5 Å². The first-order valence-corrected chi connectivity index (χ1v) is 11.3. The number of hydrogen-bond acceptors (Lipinski definition) is 2. The molecule has 4 nitrogen and oxygen atoms in total. The third kappa shape index (κ3) is 3.65. The van der Waals surface area contributed by atoms with Crippen molar-refractivity contribution in [1.29, 1.82) is 0 Å². The number of rotatable bonds is 3. The van der Waals surface area contributed by atoms with Gasteiger partial charge in [0.25, 0.3) is 5.91 Å². The fourth-order valence-corrected chi connectivity index (χ4v) is 4.98. The van der Waals surface area contributed by atoms with Gasteiger partial charge in [-0.25, -0.2) is 4.98 Å². The maximum Gasteiger partial charge on any atom is 0.272 e. The fraction of sp³-hybridized carbons (Fsp3) is 0.360. The molecular weight excluding hydrogens is 394 g/mol. The van der Waals surface area contributed by atoms with Gasteiger partial charge in [-0.3, -0.25) is 4.79 Å². The number of aromatic nitrogens is 2. The molecule has 0 spiro atoms. The highest BCUT2D eigenvalue weighted by Crippen LogP contribution is 2.31. The third-order valence-corrected chi connectivity index (χ3v) is 6.61. The van der Waals surface area contributed by atoms with Crippen LogP contribution in [0.1, 0.15) is 65.5 Å². The number of carbonyl (C=O) groups is 1. The van der Waals surface area contributed by atoms with Gasteiger partial charge in [0.15, 0.2) is 0 Å². The van der Waals surface area contributed by atoms with Crippen molar-refractivity contribution in [1.82, 2.24) is 14.9 Å². The number of aryl methyl sites for hydroxylation is 1. The van der Waals surface area contributed by atoms with Crippen LogP contribution in [0.4, 0.5) is 0 Å². The number of fused-ring (bicyclic) bond motifs is 2. The summed E-state index contributed by atoms with van der Waals surface area (Å²) in [6.45, 7) is 0.903. The number of benzene rings is 2. The summed E-state index contributed by atoms with van der Waals surface area (Å²) in [5, 5.41) is 4.00. The van der Waals surface area contributed by atoms with Crippen molar-refractivity contribution in [2.24, 2.45) is 0 Å². The zero-order chi connectivity index (χ0) is 20.5. The first-order valence-electron chi connectivity index (χ1n) is 10.9. The molecule has 2 heterocycles. The predicted octanol–water partition coefficient (Wildman–Crippen LogP) is 5.74. The number of amides is 1. The summed E-state index contributed by atoms with van der Waals surface area (Å²) in [4.78, 5) is 18.3. The molecule has 1 atom stereocenters. The van der Waals surface area contributed by atoms with Crippen LogP contribution >= 0.6 is 11.6 Å². The smallest absolute Gasteiger partial charge is 0.272 e. The topological polar surface area (TPSA) is 46.9 Å². The van der Waals surface area contributed by atoms with E-state index in [0.29, 0.717) is 10.7 Å². The second kappa shape index (κ2) is 8.27. The summed E-state index contributed by atoms with van der Waals surface area (Å²) < 4.78 is 2.25. The van der Waals surface area contributed by atoms with E-state index in [4.69, 9.17) is 16.6 Å². The average Bonchev–Trinajstić information content (AvgIpc) is 2.96. The Hall–Kier alpha value is -2.59. The van der Waals surface area contributed by atoms with E-state index < -0.39 is 0 Å². The van der Waals surface area contributed by atoms with Crippen LogP contribution in [0.25, 0.3) is 11.4 Å². The Bertz CT molecular complexity index is 1070. The van der Waals surface area contributed by atoms with E-state index >= 15 is 0 Å². The Morgan fingerprint density at radius 1 is 1.00 bits per heavy atom. The molecule has 154 valence electrons. The Morgan fingerprint density at radius 2 is 1.83 bits per heavy atom. The van der Waals surface area contributed by atoms with E-state index in [1.165, 1.54) is 17.5 Å². The summed E-state index contributed by atoms with van der Waals surface area (Å²) in [5.41, 5.74) is 5.26. The monoisotopic (exact) mass is 419 g/mol. The molecule has 1 N–H and O–H groups in total. The standard InChI is InChI=1S/C25H26ClN3O/c26-19-14-12-18(13-15-19)24-28-23(22-11-2-1-5-16-29(22)24)25(30)27-21-10-6-8-17-7-3-4-9-20(17)21/h3-4,7,9,12-15,21H,1-2,5-6,8,10-11,16H2,(H,27,30). The molecule has 30 heavy (non-hydrogen) atoms. The maximum absolute atomic E-state index is 13.4. The van der Waals surface area contributed by atoms with Gasteiger partial charge in [-0.15, -0.1) is 0 Å². The normalized spacial score (nSPS) is 18.2. The van der Waals surface area contributed by atoms with Crippen molar-refractivity contribution in [3.05, 3.63) is 76.1 Å². The SMILES string of the molecule is O=C(NC1CCCc2ccccc21)c1nc(-c2ccc(Cl)cc2)n2c1CCCCC2. The van der Waals surface area contributed by atoms with E-state index in [-0.39, 0.29) is 11.9 Å². The lowest BCUT2D eigenvalue weighted by Gasteiger charge is -2.26. The van der Waals surface area contributed by atoms with Crippen LogP contribution < -0.4 is 5.32 Å². The number of halogens is 1. The van der Waals surface area contributed by atoms with E-state index in [1.54, 1.807) is 0 Å². The lowest BCUT2D eigenvalue weighted by molar-refractivity contribution is 0.0927. The molecular formula is C25H26ClN3O. The van der Waals surface area contributed by atoms with Gasteiger partial charge < -0.3 is 9.88 Å². The summed E-state index contributed by atoms with van der Waals surface area (Å²) in [6.07, 6.45) is 7.44. The molecule has 1 aromatic heterocycles. The van der Waals surface area contributed by atoms with Crippen molar-refractivity contribution in [2.45, 2.75) is 57.5 Å². The largest absolute Gasteiger partial charge is 0.344 e. The van der Waals surface area contributed by atoms with Gasteiger partial charge in [-0.1, -0.05) is 42.3 Å². The Balaban J connectivity index is 1.50. The van der Waals surface area contributed by atoms with Gasteiger partial charge in [-0.2, -0.15) is 0 Å². The lowest BCUT2D eigenvalue weighted by atomic mass is 9.87. The molecule has 5 rings (SSSR count). The van der Waals surface area contributed by atoms with E-state index in [2.05, 4.69) is 34.1 Å². The highest BCUT2D eigenvalue weighted by atomic mass is 35.5. The number of hydrogen-bond donors (Lipinski definition) is 1. The van der Waals surface area contributed by atoms with Crippen LogP contribution in [0, 0.1) is 0 Å². The van der Waals surface area contributed by atoms with Crippen molar-refractivity contribution in [3.63, 3.8) is 0 Å². The number of carbonyl (C=O) groups excluding carboxylic acids is 1. The van der Waals surface area contributed by atoms with Crippen LogP contribution in [0.5, 0.6) is 0 Å². The highest BCUT2D eigenvalue weighted by molar-refractivity contribution is 6.30. The van der Waals surface area contributed by atoms with Crippen molar-refractivity contribution in [3.8, 4) is 11.4 Å². The molecule has 5 heteroatoms. The number of imidazole rings is 1. The third-order valence-electron chi connectivity index (χ3n) is 6.36. The number of nitrogens with one attached hydrogen (secondary N) is 1. The van der Waals surface area contributed by atoms with Crippen molar-refractivity contribution < 1.29 is 4.79 Å².